The van der Waals surface area contributed by atoms with Crippen LogP contribution in [0.1, 0.15) is 24.7 Å². The van der Waals surface area contributed by atoms with Crippen LogP contribution in [0.5, 0.6) is 23.0 Å². The number of benzene rings is 1. The van der Waals surface area contributed by atoms with E-state index in [1.807, 2.05) is 0 Å². The molecule has 1 unspecified atom stereocenters. The van der Waals surface area contributed by atoms with Gasteiger partial charge in [-0.05, 0) is 25.9 Å². The number of amides is 1. The van der Waals surface area contributed by atoms with Gasteiger partial charge in [-0.25, -0.2) is 14.4 Å². The van der Waals surface area contributed by atoms with E-state index in [2.05, 4.69) is 15.0 Å². The van der Waals surface area contributed by atoms with Crippen LogP contribution < -0.4 is 34.9 Å². The number of ether oxygens (including phenoxy) is 4. The molecule has 4 rings (SSSR count). The Morgan fingerprint density at radius 2 is 1.94 bits per heavy atom. The lowest BCUT2D eigenvalue weighted by Crippen LogP contribution is -2.46. The second kappa shape index (κ2) is 8.89. The number of rotatable bonds is 7. The van der Waals surface area contributed by atoms with Crippen molar-refractivity contribution in [3.05, 3.63) is 36.2 Å². The SMILES string of the molecule is [2H]c1nc(N([2H])c2c([2H])c(OC)c(OC)c(OC)c2[2H])nc(N([2H])c2nc3c(c([2H])c2[2H])OC(C)(C([2H])([2H])[2H])C(=O)N3[2H])c1F. The Kier molecular flexibility index (Phi) is 3.34. The maximum atomic E-state index is 15.2. The number of carbonyl (C=O) groups is 1. The molecule has 0 fully saturated rings. The smallest absolute Gasteiger partial charge is 0.269 e. The molecule has 0 bridgehead atoms. The number of fused-ring (bicyclic) bond motifs is 1. The van der Waals surface area contributed by atoms with E-state index in [9.17, 15) is 4.79 Å². The highest BCUT2D eigenvalue weighted by atomic mass is 19.1. The lowest BCUT2D eigenvalue weighted by atomic mass is 10.1. The van der Waals surface area contributed by atoms with Gasteiger partial charge in [0.05, 0.1) is 34.4 Å². The fourth-order valence-electron chi connectivity index (χ4n) is 2.63. The van der Waals surface area contributed by atoms with E-state index in [0.717, 1.165) is 6.92 Å². The summed E-state index contributed by atoms with van der Waals surface area (Å²) in [6, 6.07) is -3.01. The van der Waals surface area contributed by atoms with Crippen LogP contribution >= 0.6 is 0 Å². The molecular formula is C22H23FN6O5. The highest BCUT2D eigenvalue weighted by molar-refractivity contribution is 5.99. The number of carbonyl (C=O) groups excluding carboxylic acids is 1. The second-order valence-corrected chi connectivity index (χ2v) is 6.59. The first kappa shape index (κ1) is 12.8. The van der Waals surface area contributed by atoms with Gasteiger partial charge in [0.1, 0.15) is 5.82 Å². The Morgan fingerprint density at radius 3 is 2.59 bits per heavy atom. The molecule has 34 heavy (non-hydrogen) atoms. The number of hydrogen-bond acceptors (Lipinski definition) is 10. The molecule has 0 radical (unpaired) electrons. The van der Waals surface area contributed by atoms with Crippen LogP contribution in [-0.2, 0) is 4.79 Å². The Morgan fingerprint density at radius 1 is 1.21 bits per heavy atom. The van der Waals surface area contributed by atoms with Gasteiger partial charge in [0.15, 0.2) is 44.5 Å². The molecule has 1 aliphatic rings. The Balaban J connectivity index is 1.88. The van der Waals surface area contributed by atoms with Gasteiger partial charge in [-0.3, -0.25) is 4.79 Å². The summed E-state index contributed by atoms with van der Waals surface area (Å²) in [7, 11) is 3.61. The molecule has 178 valence electrons. The van der Waals surface area contributed by atoms with Crippen molar-refractivity contribution in [3.63, 3.8) is 0 Å². The summed E-state index contributed by atoms with van der Waals surface area (Å²) in [6.07, 6.45) is -1.17. The van der Waals surface area contributed by atoms with Gasteiger partial charge in [0, 0.05) is 21.9 Å². The molecular weight excluding hydrogens is 447 g/mol. The molecule has 0 spiro atoms. The maximum Gasteiger partial charge on any atom is 0.269 e. The van der Waals surface area contributed by atoms with Crippen LogP contribution in [0.2, 0.25) is 4.24 Å². The zero-order chi connectivity index (χ0) is 33.9. The molecule has 0 saturated carbocycles. The topological polar surface area (TPSA) is 129 Å². The molecule has 2 aromatic heterocycles. The zero-order valence-corrected chi connectivity index (χ0v) is 18.1. The average molecular weight is 482 g/mol. The monoisotopic (exact) mass is 481 g/mol. The van der Waals surface area contributed by atoms with Gasteiger partial charge in [-0.15, -0.1) is 0 Å². The number of aromatic nitrogens is 3. The molecule has 1 atom stereocenters. The third kappa shape index (κ3) is 4.42. The average Bonchev–Trinajstić information content (AvgIpc) is 2.98. The van der Waals surface area contributed by atoms with Gasteiger partial charge < -0.3 is 34.9 Å². The normalized spacial score (nSPS) is 21.9. The lowest BCUT2D eigenvalue weighted by Gasteiger charge is -2.30. The van der Waals surface area contributed by atoms with Crippen LogP contribution in [-0.4, -0.2) is 47.8 Å². The van der Waals surface area contributed by atoms with Crippen molar-refractivity contribution in [1.82, 2.24) is 15.0 Å². The minimum absolute atomic E-state index is 0.0131. The molecule has 3 N–H and O–H groups in total. The molecule has 3 aromatic rings. The summed E-state index contributed by atoms with van der Waals surface area (Å²) in [4.78, 5) is 23.9. The molecule has 11 nitrogen and oxygen atoms in total. The van der Waals surface area contributed by atoms with E-state index in [0.29, 0.717) is 0 Å². The van der Waals surface area contributed by atoms with Crippen LogP contribution in [0.4, 0.5) is 33.5 Å². The van der Waals surface area contributed by atoms with E-state index >= 15 is 4.39 Å². The van der Waals surface area contributed by atoms with E-state index in [1.54, 1.807) is 0 Å². The minimum atomic E-state index is -3.10. The predicted molar refractivity (Wildman–Crippen MR) is 122 cm³/mol. The number of nitrogens with zero attached hydrogens (tertiary/aromatic N) is 3. The molecule has 0 aliphatic carbocycles. The number of anilines is 5. The number of hydrogen-bond donors (Lipinski definition) is 3. The van der Waals surface area contributed by atoms with Crippen molar-refractivity contribution in [3.8, 4) is 23.0 Å². The maximum absolute atomic E-state index is 15.2. The Bertz CT molecular complexity index is 1690. The molecule has 12 heteroatoms. The van der Waals surface area contributed by atoms with Crippen molar-refractivity contribution in [1.29, 1.82) is 0 Å². The van der Waals surface area contributed by atoms with Crippen molar-refractivity contribution in [2.24, 2.45) is 0 Å². The summed E-state index contributed by atoms with van der Waals surface area (Å²) in [5, 5.41) is 0.316. The van der Waals surface area contributed by atoms with Gasteiger partial charge in [-0.2, -0.15) is 4.98 Å². The fourth-order valence-corrected chi connectivity index (χ4v) is 2.63. The van der Waals surface area contributed by atoms with Crippen LogP contribution in [0.15, 0.2) is 30.3 Å². The first-order chi connectivity index (χ1) is 20.9. The van der Waals surface area contributed by atoms with Gasteiger partial charge in [-0.1, -0.05) is 0 Å². The summed E-state index contributed by atoms with van der Waals surface area (Å²) in [5.74, 6) is -7.95. The van der Waals surface area contributed by atoms with Crippen LogP contribution in [0, 0.1) is 5.82 Å². The van der Waals surface area contributed by atoms with E-state index in [-0.39, 0.29) is 33.2 Å². The van der Waals surface area contributed by atoms with Gasteiger partial charge in [0.25, 0.3) is 5.91 Å². The first-order valence-electron chi connectivity index (χ1n) is 14.7. The highest BCUT2D eigenvalue weighted by Crippen LogP contribution is 2.40. The molecule has 3 heterocycles. The second-order valence-electron chi connectivity index (χ2n) is 6.59. The summed E-state index contributed by atoms with van der Waals surface area (Å²) < 4.78 is 126. The van der Waals surface area contributed by atoms with Gasteiger partial charge >= 0.3 is 0 Å². The molecule has 0 saturated heterocycles. The van der Waals surface area contributed by atoms with Gasteiger partial charge in [0.2, 0.25) is 11.7 Å². The largest absolute Gasteiger partial charge is 0.493 e. The zero-order valence-electron chi connectivity index (χ0n) is 29.1. The molecule has 1 aromatic carbocycles. The number of methoxy groups -OCH3 is 3. The molecule has 1 amide bonds. The Hall–Kier alpha value is -4.35. The van der Waals surface area contributed by atoms with Crippen molar-refractivity contribution >= 4 is 35.0 Å². The van der Waals surface area contributed by atoms with Crippen LogP contribution in [0.3, 0.4) is 0 Å². The summed E-state index contributed by atoms with van der Waals surface area (Å²) in [6.45, 7) is -2.22. The summed E-state index contributed by atoms with van der Waals surface area (Å²) in [5.41, 5.74) is -3.17. The van der Waals surface area contributed by atoms with E-state index in [4.69, 9.17) is 34.1 Å². The quantitative estimate of drug-likeness (QED) is 0.460. The van der Waals surface area contributed by atoms with E-state index < -0.39 is 89.4 Å². The number of pyridine rings is 1. The van der Waals surface area contributed by atoms with Crippen molar-refractivity contribution < 1.29 is 43.3 Å². The fraction of sp³-hybridized carbons (Fsp3) is 0.273. The number of halogens is 1. The lowest BCUT2D eigenvalue weighted by molar-refractivity contribution is -0.129. The standard InChI is InChI=1S/C22H23FN6O5/c1-22(2)20(30)28-19-13(34-22)6-7-16(27-19)26-18-12(23)10-24-21(29-18)25-11-8-14(31-3)17(33-5)15(9-11)32-4/h6-10H,1-5H3,(H3,24,25,26,27,28,29,30)/i1D3,6D,7D,8D,9D,10D/hD3. The van der Waals surface area contributed by atoms with E-state index in [1.165, 1.54) is 21.3 Å². The highest BCUT2D eigenvalue weighted by Gasteiger charge is 2.36. The summed E-state index contributed by atoms with van der Waals surface area (Å²) >= 11 is 0. The van der Waals surface area contributed by atoms with Crippen LogP contribution in [0.25, 0.3) is 0 Å². The molecule has 1 aliphatic heterocycles. The minimum Gasteiger partial charge on any atom is -0.493 e. The van der Waals surface area contributed by atoms with Crippen molar-refractivity contribution in [2.75, 3.05) is 37.3 Å². The van der Waals surface area contributed by atoms with Crippen molar-refractivity contribution in [2.45, 2.75) is 19.4 Å². The number of nitrogens with one attached hydrogen (secondary N) is 3. The first-order valence-corrected chi connectivity index (χ1v) is 9.32. The predicted octanol–water partition coefficient (Wildman–Crippen LogP) is 3.63. The Labute approximate surface area is 210 Å². The third-order valence-corrected chi connectivity index (χ3v) is 4.19. The third-order valence-electron chi connectivity index (χ3n) is 4.19.